The number of hydrogen-bond donors (Lipinski definition) is 2. The van der Waals surface area contributed by atoms with Crippen molar-refractivity contribution in [2.45, 2.75) is 4.90 Å². The number of nitrogens with one attached hydrogen (secondary N) is 1. The Balaban J connectivity index is 1.58. The molecular formula is C19H21ClN4O5S. The monoisotopic (exact) mass is 452 g/mol. The van der Waals surface area contributed by atoms with Crippen molar-refractivity contribution in [3.8, 4) is 0 Å². The summed E-state index contributed by atoms with van der Waals surface area (Å²) in [5.74, 6) is -0.415. The second-order valence-corrected chi connectivity index (χ2v) is 8.72. The molecule has 0 radical (unpaired) electrons. The van der Waals surface area contributed by atoms with Crippen molar-refractivity contribution in [3.63, 3.8) is 0 Å². The smallest absolute Gasteiger partial charge is 0.265 e. The van der Waals surface area contributed by atoms with E-state index in [4.69, 9.17) is 26.9 Å². The average molecular weight is 453 g/mol. The molecule has 0 aromatic heterocycles. The van der Waals surface area contributed by atoms with Crippen LogP contribution in [0.4, 0.5) is 5.69 Å². The molecule has 1 aliphatic heterocycles. The van der Waals surface area contributed by atoms with Crippen LogP contribution in [-0.2, 0) is 24.4 Å². The van der Waals surface area contributed by atoms with Crippen molar-refractivity contribution >= 4 is 39.1 Å². The van der Waals surface area contributed by atoms with Gasteiger partial charge in [0.05, 0.1) is 18.1 Å². The summed E-state index contributed by atoms with van der Waals surface area (Å²) >= 11 is 5.81. The van der Waals surface area contributed by atoms with E-state index < -0.39 is 22.5 Å². The Hall–Kier alpha value is -2.66. The van der Waals surface area contributed by atoms with Crippen LogP contribution in [0.15, 0.2) is 58.6 Å². The highest BCUT2D eigenvalue weighted by Gasteiger charge is 2.26. The van der Waals surface area contributed by atoms with Crippen LogP contribution < -0.4 is 11.1 Å². The van der Waals surface area contributed by atoms with Gasteiger partial charge in [0.2, 0.25) is 10.0 Å². The molecule has 0 unspecified atom stereocenters. The molecule has 1 heterocycles. The number of rotatable bonds is 7. The summed E-state index contributed by atoms with van der Waals surface area (Å²) in [6.07, 6.45) is 0. The number of anilines is 1. The second-order valence-electron chi connectivity index (χ2n) is 6.35. The number of halogens is 1. The van der Waals surface area contributed by atoms with Gasteiger partial charge >= 0.3 is 0 Å². The quantitative estimate of drug-likeness (QED) is 0.374. The van der Waals surface area contributed by atoms with E-state index in [9.17, 15) is 13.2 Å². The zero-order valence-corrected chi connectivity index (χ0v) is 17.5. The van der Waals surface area contributed by atoms with Crippen molar-refractivity contribution in [2.75, 3.05) is 38.2 Å². The first-order valence-electron chi connectivity index (χ1n) is 9.05. The summed E-state index contributed by atoms with van der Waals surface area (Å²) in [4.78, 5) is 17.2. The van der Waals surface area contributed by atoms with Crippen molar-refractivity contribution in [1.29, 1.82) is 0 Å². The van der Waals surface area contributed by atoms with Gasteiger partial charge in [-0.15, -0.1) is 0 Å². The highest BCUT2D eigenvalue weighted by molar-refractivity contribution is 7.89. The maximum absolute atomic E-state index is 12.7. The highest BCUT2D eigenvalue weighted by atomic mass is 35.5. The molecule has 0 bridgehead atoms. The van der Waals surface area contributed by atoms with Crippen molar-refractivity contribution in [3.05, 3.63) is 59.1 Å². The fraction of sp³-hybridized carbons (Fsp3) is 0.263. The van der Waals surface area contributed by atoms with Gasteiger partial charge in [0, 0.05) is 29.4 Å². The number of carbonyl (C=O) groups is 1. The molecule has 1 saturated heterocycles. The van der Waals surface area contributed by atoms with Crippen LogP contribution in [0.3, 0.4) is 0 Å². The Labute approximate surface area is 179 Å². The fourth-order valence-electron chi connectivity index (χ4n) is 2.70. The second kappa shape index (κ2) is 9.90. The number of ether oxygens (including phenoxy) is 1. The number of nitrogens with zero attached hydrogens (tertiary/aromatic N) is 2. The lowest BCUT2D eigenvalue weighted by Gasteiger charge is -2.26. The number of carbonyl (C=O) groups excluding carboxylic acids is 1. The van der Waals surface area contributed by atoms with Gasteiger partial charge in [-0.25, -0.2) is 8.42 Å². The van der Waals surface area contributed by atoms with Gasteiger partial charge in [0.15, 0.2) is 12.4 Å². The van der Waals surface area contributed by atoms with Gasteiger partial charge < -0.3 is 20.6 Å². The van der Waals surface area contributed by atoms with Crippen LogP contribution >= 0.6 is 11.6 Å². The Kier molecular flexibility index (Phi) is 7.27. The van der Waals surface area contributed by atoms with E-state index in [0.717, 1.165) is 0 Å². The molecule has 11 heteroatoms. The van der Waals surface area contributed by atoms with E-state index in [1.54, 1.807) is 36.4 Å². The first-order chi connectivity index (χ1) is 14.4. The summed E-state index contributed by atoms with van der Waals surface area (Å²) in [6, 6.07) is 12.7. The van der Waals surface area contributed by atoms with Gasteiger partial charge in [0.1, 0.15) is 0 Å². The number of oxime groups is 1. The van der Waals surface area contributed by atoms with E-state index in [2.05, 4.69) is 10.5 Å². The summed E-state index contributed by atoms with van der Waals surface area (Å²) in [5, 5.41) is 6.84. The standard InChI is InChI=1S/C19H21ClN4O5S/c20-15-6-4-14(5-7-15)19(21)23-29-13-18(25)22-16-2-1-3-17(12-16)30(26,27)24-8-10-28-11-9-24/h1-7,12H,8-11,13H2,(H2,21,23)(H,22,25). The summed E-state index contributed by atoms with van der Waals surface area (Å²) < 4.78 is 32.0. The summed E-state index contributed by atoms with van der Waals surface area (Å²) in [6.45, 7) is 0.897. The average Bonchev–Trinajstić information content (AvgIpc) is 2.75. The largest absolute Gasteiger partial charge is 0.384 e. The maximum atomic E-state index is 12.7. The Bertz CT molecular complexity index is 1020. The predicted octanol–water partition coefficient (Wildman–Crippen LogP) is 1.64. The topological polar surface area (TPSA) is 123 Å². The molecule has 9 nitrogen and oxygen atoms in total. The van der Waals surface area contributed by atoms with Gasteiger partial charge in [-0.05, 0) is 42.5 Å². The first kappa shape index (κ1) is 22.0. The molecule has 160 valence electrons. The molecule has 3 N–H and O–H groups in total. The van der Waals surface area contributed by atoms with E-state index >= 15 is 0 Å². The van der Waals surface area contributed by atoms with Crippen LogP contribution in [0.5, 0.6) is 0 Å². The molecule has 1 fully saturated rings. The fourth-order valence-corrected chi connectivity index (χ4v) is 4.28. The lowest BCUT2D eigenvalue weighted by molar-refractivity contribution is -0.120. The van der Waals surface area contributed by atoms with Gasteiger partial charge in [-0.3, -0.25) is 4.79 Å². The Morgan fingerprint density at radius 1 is 1.20 bits per heavy atom. The van der Waals surface area contributed by atoms with Crippen LogP contribution in [0.1, 0.15) is 5.56 Å². The third-order valence-corrected chi connectivity index (χ3v) is 6.37. The Morgan fingerprint density at radius 2 is 1.90 bits per heavy atom. The zero-order chi connectivity index (χ0) is 21.6. The number of nitrogens with two attached hydrogens (primary N) is 1. The number of benzene rings is 2. The SMILES string of the molecule is N/C(=N\OCC(=O)Nc1cccc(S(=O)(=O)N2CCOCC2)c1)c1ccc(Cl)cc1. The number of sulfonamides is 1. The molecule has 1 amide bonds. The molecular weight excluding hydrogens is 432 g/mol. The van der Waals surface area contributed by atoms with Crippen LogP contribution in [-0.4, -0.2) is 57.4 Å². The zero-order valence-electron chi connectivity index (χ0n) is 16.0. The molecule has 0 saturated carbocycles. The number of morpholine rings is 1. The number of hydrogen-bond acceptors (Lipinski definition) is 6. The summed E-state index contributed by atoms with van der Waals surface area (Å²) in [5.41, 5.74) is 6.72. The molecule has 0 atom stereocenters. The van der Waals surface area contributed by atoms with Gasteiger partial charge in [-0.1, -0.05) is 22.8 Å². The molecule has 2 aromatic rings. The van der Waals surface area contributed by atoms with Gasteiger partial charge in [-0.2, -0.15) is 4.31 Å². The van der Waals surface area contributed by atoms with Crippen molar-refractivity contribution < 1.29 is 22.8 Å². The maximum Gasteiger partial charge on any atom is 0.265 e. The molecule has 0 spiro atoms. The van der Waals surface area contributed by atoms with Gasteiger partial charge in [0.25, 0.3) is 5.91 Å². The molecule has 30 heavy (non-hydrogen) atoms. The van der Waals surface area contributed by atoms with Crippen LogP contribution in [0.25, 0.3) is 0 Å². The van der Waals surface area contributed by atoms with E-state index in [1.807, 2.05) is 0 Å². The molecule has 3 rings (SSSR count). The van der Waals surface area contributed by atoms with Crippen LogP contribution in [0, 0.1) is 0 Å². The Morgan fingerprint density at radius 3 is 2.60 bits per heavy atom. The van der Waals surface area contributed by atoms with E-state index in [1.165, 1.54) is 16.4 Å². The first-order valence-corrected chi connectivity index (χ1v) is 10.9. The molecule has 1 aliphatic rings. The van der Waals surface area contributed by atoms with Crippen molar-refractivity contribution in [2.24, 2.45) is 10.9 Å². The minimum absolute atomic E-state index is 0.0909. The van der Waals surface area contributed by atoms with Crippen LogP contribution in [0.2, 0.25) is 5.02 Å². The summed E-state index contributed by atoms with van der Waals surface area (Å²) in [7, 11) is -3.66. The van der Waals surface area contributed by atoms with E-state index in [0.29, 0.717) is 42.6 Å². The normalized spacial score (nSPS) is 15.6. The minimum atomic E-state index is -3.66. The van der Waals surface area contributed by atoms with Crippen molar-refractivity contribution in [1.82, 2.24) is 4.31 Å². The number of amidine groups is 1. The highest BCUT2D eigenvalue weighted by Crippen LogP contribution is 2.20. The third-order valence-electron chi connectivity index (χ3n) is 4.22. The van der Waals surface area contributed by atoms with E-state index in [-0.39, 0.29) is 10.7 Å². The third kappa shape index (κ3) is 5.70. The predicted molar refractivity (Wildman–Crippen MR) is 113 cm³/mol. The minimum Gasteiger partial charge on any atom is -0.384 e. The lowest BCUT2D eigenvalue weighted by Crippen LogP contribution is -2.40. The molecule has 0 aliphatic carbocycles. The number of amides is 1. The lowest BCUT2D eigenvalue weighted by atomic mass is 10.2. The molecule has 2 aromatic carbocycles.